The molecule has 0 spiro atoms. The summed E-state index contributed by atoms with van der Waals surface area (Å²) in [6.07, 6.45) is 5.34. The average Bonchev–Trinajstić information content (AvgIpc) is 3.43. The van der Waals surface area contributed by atoms with E-state index in [1.54, 1.807) is 36.4 Å². The van der Waals surface area contributed by atoms with Crippen LogP contribution >= 0.6 is 34.7 Å². The number of rotatable bonds is 7. The van der Waals surface area contributed by atoms with Crippen LogP contribution in [-0.2, 0) is 26.1 Å². The van der Waals surface area contributed by atoms with E-state index in [2.05, 4.69) is 13.2 Å². The molecule has 4 rings (SSSR count). The summed E-state index contributed by atoms with van der Waals surface area (Å²) in [5, 5.41) is 1.38. The fourth-order valence-electron chi connectivity index (χ4n) is 3.27. The van der Waals surface area contributed by atoms with Gasteiger partial charge in [-0.15, -0.1) is 13.2 Å². The van der Waals surface area contributed by atoms with Gasteiger partial charge in [0.1, 0.15) is 16.0 Å². The van der Waals surface area contributed by atoms with Crippen LogP contribution in [0.25, 0.3) is 16.5 Å². The van der Waals surface area contributed by atoms with Crippen molar-refractivity contribution in [2.45, 2.75) is 24.1 Å². The lowest BCUT2D eigenvalue weighted by atomic mass is 10.2. The average molecular weight is 576 g/mol. The zero-order valence-corrected chi connectivity index (χ0v) is 22.4. The van der Waals surface area contributed by atoms with E-state index in [1.807, 2.05) is 6.92 Å². The number of halogens is 1. The maximum absolute atomic E-state index is 11.5. The molecule has 0 unspecified atom stereocenters. The Balaban J connectivity index is 0.00000167. The van der Waals surface area contributed by atoms with E-state index in [4.69, 9.17) is 16.0 Å². The van der Waals surface area contributed by atoms with Crippen molar-refractivity contribution in [1.82, 2.24) is 0 Å². The van der Waals surface area contributed by atoms with Crippen LogP contribution in [0.2, 0.25) is 5.02 Å². The molecule has 0 fully saturated rings. The predicted octanol–water partition coefficient (Wildman–Crippen LogP) is 4.49. The smallest absolute Gasteiger partial charge is 0.266 e. The minimum Gasteiger partial charge on any atom is -0.747 e. The lowest BCUT2D eigenvalue weighted by Gasteiger charge is -2.22. The highest BCUT2D eigenvalue weighted by Gasteiger charge is 2.28. The standard InChI is InChI=1S/C19H17ClN2O7S4.C2H4/c1-2-12(8-18-21(10-32(23,24)25)14-5-6-29-19(14)31-18)7-17-22(11-33(26,27)28)15-9-13(20)3-4-16(15)30-17;1-2/h3-9H,2,10-11H2,1H3,(H-,23,24,25,26,27,28);1-2H2/p-1. The van der Waals surface area contributed by atoms with Crippen molar-refractivity contribution in [2.75, 3.05) is 10.8 Å². The number of thioether (sulfide) groups is 1. The monoisotopic (exact) mass is 575 g/mol. The van der Waals surface area contributed by atoms with Crippen LogP contribution in [0.3, 0.4) is 0 Å². The van der Waals surface area contributed by atoms with Crippen molar-refractivity contribution >= 4 is 77.1 Å². The minimum atomic E-state index is -4.59. The van der Waals surface area contributed by atoms with Gasteiger partial charge in [0.25, 0.3) is 15.4 Å². The number of hydrogen-bond acceptors (Lipinski definition) is 10. The highest BCUT2D eigenvalue weighted by molar-refractivity contribution is 8.03. The quantitative estimate of drug-likeness (QED) is 0.227. The molecule has 188 valence electrons. The summed E-state index contributed by atoms with van der Waals surface area (Å²) in [6, 6.07) is 6.57. The Hall–Kier alpha value is -2.13. The molecule has 3 aromatic rings. The van der Waals surface area contributed by atoms with Crippen LogP contribution in [0.15, 0.2) is 69.7 Å². The first kappa shape index (κ1) is 27.5. The first-order valence-corrected chi connectivity index (χ1v) is 15.0. The molecule has 1 aromatic carbocycles. The molecule has 0 aliphatic carbocycles. The Morgan fingerprint density at radius 1 is 1.20 bits per heavy atom. The highest BCUT2D eigenvalue weighted by Crippen LogP contribution is 2.47. The molecule has 1 aliphatic rings. The topological polar surface area (TPSA) is 135 Å². The van der Waals surface area contributed by atoms with Gasteiger partial charge in [0.05, 0.1) is 23.0 Å². The second-order valence-electron chi connectivity index (χ2n) is 7.03. The number of furan rings is 1. The number of allylic oxidation sites excluding steroid dienone is 2. The van der Waals surface area contributed by atoms with Gasteiger partial charge in [-0.05, 0) is 47.6 Å². The molecule has 9 nitrogen and oxygen atoms in total. The summed E-state index contributed by atoms with van der Waals surface area (Å²) in [5.74, 6) is -1.53. The Bertz CT molecular complexity index is 1520. The van der Waals surface area contributed by atoms with E-state index < -0.39 is 32.0 Å². The number of hydrogen-bond donors (Lipinski definition) is 0. The molecule has 0 bridgehead atoms. The normalized spacial score (nSPS) is 15.4. The first-order chi connectivity index (χ1) is 16.4. The summed E-state index contributed by atoms with van der Waals surface area (Å²) in [6.45, 7) is 7.87. The summed E-state index contributed by atoms with van der Waals surface area (Å²) in [4.78, 5) is 2.59. The Kier molecular flexibility index (Phi) is 8.52. The van der Waals surface area contributed by atoms with E-state index >= 15 is 0 Å². The maximum Gasteiger partial charge on any atom is 0.266 e. The Labute approximate surface area is 216 Å². The number of thiazole rings is 1. The molecule has 0 atom stereocenters. The van der Waals surface area contributed by atoms with Gasteiger partial charge in [-0.1, -0.05) is 30.3 Å². The van der Waals surface area contributed by atoms with Gasteiger partial charge in [-0.3, -0.25) is 0 Å². The van der Waals surface area contributed by atoms with Gasteiger partial charge < -0.3 is 18.4 Å². The van der Waals surface area contributed by atoms with Gasteiger partial charge in [0.15, 0.2) is 10.1 Å². The van der Waals surface area contributed by atoms with Crippen molar-refractivity contribution in [3.8, 4) is 0 Å². The molecule has 2 aromatic heterocycles. The van der Waals surface area contributed by atoms with Crippen molar-refractivity contribution in [3.05, 3.63) is 70.4 Å². The SMILES string of the molecule is C=C.CCC(/C=C1\Sc2ccc(Cl)cc2N1CS(=O)(=O)[O-])=C\c1sc2occc2[n+]1CS(=O)(=O)[O-]. The summed E-state index contributed by atoms with van der Waals surface area (Å²) >= 11 is 8.53. The van der Waals surface area contributed by atoms with E-state index in [1.165, 1.54) is 38.8 Å². The van der Waals surface area contributed by atoms with E-state index in [9.17, 15) is 25.9 Å². The number of nitrogens with zero attached hydrogens (tertiary/aromatic N) is 2. The van der Waals surface area contributed by atoms with Crippen molar-refractivity contribution in [2.24, 2.45) is 0 Å². The van der Waals surface area contributed by atoms with E-state index in [0.29, 0.717) is 43.2 Å². The zero-order chi connectivity index (χ0) is 26.0. The van der Waals surface area contributed by atoms with E-state index in [-0.39, 0.29) is 0 Å². The van der Waals surface area contributed by atoms with Crippen molar-refractivity contribution in [1.29, 1.82) is 0 Å². The number of fused-ring (bicyclic) bond motifs is 2. The molecular weight excluding hydrogens is 556 g/mol. The van der Waals surface area contributed by atoms with Crippen molar-refractivity contribution < 1.29 is 34.9 Å². The van der Waals surface area contributed by atoms with Crippen molar-refractivity contribution in [3.63, 3.8) is 0 Å². The molecule has 0 N–H and O–H groups in total. The number of benzene rings is 1. The van der Waals surface area contributed by atoms with E-state index in [0.717, 1.165) is 4.90 Å². The van der Waals surface area contributed by atoms with Gasteiger partial charge in [-0.25, -0.2) is 16.8 Å². The lowest BCUT2D eigenvalue weighted by molar-refractivity contribution is -0.649. The second kappa shape index (κ2) is 10.9. The number of anilines is 1. The Morgan fingerprint density at radius 3 is 2.54 bits per heavy atom. The predicted molar refractivity (Wildman–Crippen MR) is 136 cm³/mol. The summed E-state index contributed by atoms with van der Waals surface area (Å²) in [7, 11) is -9.16. The van der Waals surface area contributed by atoms with Crippen LogP contribution in [0, 0.1) is 0 Å². The van der Waals surface area contributed by atoms with Gasteiger partial charge >= 0.3 is 0 Å². The van der Waals surface area contributed by atoms with Gasteiger partial charge in [0.2, 0.25) is 5.88 Å². The molecule has 14 heteroatoms. The first-order valence-electron chi connectivity index (χ1n) is 9.87. The third kappa shape index (κ3) is 6.76. The van der Waals surface area contributed by atoms with Gasteiger partial charge in [0, 0.05) is 16.0 Å². The lowest BCUT2D eigenvalue weighted by Crippen LogP contribution is -2.38. The summed E-state index contributed by atoms with van der Waals surface area (Å²) < 4.78 is 75.7. The zero-order valence-electron chi connectivity index (χ0n) is 18.3. The molecule has 1 aliphatic heterocycles. The van der Waals surface area contributed by atoms with Crippen LogP contribution < -0.4 is 9.47 Å². The molecule has 0 amide bonds. The molecular formula is C21H20ClN2O7S4-. The highest BCUT2D eigenvalue weighted by atomic mass is 35.5. The molecule has 0 saturated carbocycles. The largest absolute Gasteiger partial charge is 0.747 e. The number of aromatic nitrogens is 1. The maximum atomic E-state index is 11.5. The molecule has 0 saturated heterocycles. The van der Waals surface area contributed by atoms with Crippen LogP contribution in [0.1, 0.15) is 18.4 Å². The Morgan fingerprint density at radius 2 is 1.91 bits per heavy atom. The van der Waals surface area contributed by atoms with Gasteiger partial charge in [-0.2, -0.15) is 4.57 Å². The molecule has 35 heavy (non-hydrogen) atoms. The fraction of sp³-hybridized carbons (Fsp3) is 0.190. The second-order valence-corrected chi connectivity index (χ2v) is 12.3. The molecule has 3 heterocycles. The summed E-state index contributed by atoms with van der Waals surface area (Å²) in [5.41, 5.74) is 1.70. The minimum absolute atomic E-state index is 0.399. The fourth-order valence-corrected chi connectivity index (χ4v) is 6.97. The third-order valence-electron chi connectivity index (χ3n) is 4.66. The third-order valence-corrected chi connectivity index (χ3v) is 8.19. The van der Waals surface area contributed by atoms with Crippen LogP contribution in [0.5, 0.6) is 0 Å². The molecule has 0 radical (unpaired) electrons. The van der Waals surface area contributed by atoms with Crippen LogP contribution in [0.4, 0.5) is 5.69 Å². The van der Waals surface area contributed by atoms with Crippen LogP contribution in [-0.4, -0.2) is 31.8 Å².